The molecule has 3 heterocycles. The Morgan fingerprint density at radius 2 is 1.88 bits per heavy atom. The molecule has 1 fully saturated rings. The van der Waals surface area contributed by atoms with Crippen molar-refractivity contribution in [3.8, 4) is 0 Å². The van der Waals surface area contributed by atoms with Gasteiger partial charge in [-0.25, -0.2) is 0 Å². The van der Waals surface area contributed by atoms with Crippen LogP contribution in [0.25, 0.3) is 10.8 Å². The van der Waals surface area contributed by atoms with Crippen molar-refractivity contribution in [1.29, 1.82) is 0 Å². The minimum absolute atomic E-state index is 0.177. The monoisotopic (exact) mass is 372 g/mol. The first-order valence-electron chi connectivity index (χ1n) is 9.26. The molecule has 138 valence electrons. The Hall–Kier alpha value is -1.72. The molecule has 4 rings (SSSR count). The van der Waals surface area contributed by atoms with Crippen LogP contribution in [0, 0.1) is 12.8 Å². The quantitative estimate of drug-likeness (QED) is 0.808. The highest BCUT2D eigenvalue weighted by atomic mass is 35.5. The van der Waals surface area contributed by atoms with E-state index in [0.717, 1.165) is 60.2 Å². The topological polar surface area (TPSA) is 49.3 Å². The average molecular weight is 373 g/mol. The summed E-state index contributed by atoms with van der Waals surface area (Å²) in [5.41, 5.74) is 2.36. The van der Waals surface area contributed by atoms with Crippen LogP contribution in [0.15, 0.2) is 12.1 Å². The Kier molecular flexibility index (Phi) is 4.20. The molecule has 26 heavy (non-hydrogen) atoms. The lowest BCUT2D eigenvalue weighted by Gasteiger charge is -2.32. The summed E-state index contributed by atoms with van der Waals surface area (Å²) in [5, 5.41) is 10.4. The van der Waals surface area contributed by atoms with Gasteiger partial charge in [0, 0.05) is 23.0 Å². The van der Waals surface area contributed by atoms with E-state index in [2.05, 4.69) is 28.2 Å². The van der Waals surface area contributed by atoms with Gasteiger partial charge >= 0.3 is 0 Å². The largest absolute Gasteiger partial charge is 0.311 e. The average Bonchev–Trinajstić information content (AvgIpc) is 2.80. The second kappa shape index (κ2) is 6.17. The zero-order valence-corrected chi connectivity index (χ0v) is 16.6. The first-order chi connectivity index (χ1) is 12.3. The van der Waals surface area contributed by atoms with Crippen molar-refractivity contribution in [1.82, 2.24) is 15.1 Å². The zero-order chi connectivity index (χ0) is 18.6. The van der Waals surface area contributed by atoms with Crippen molar-refractivity contribution < 1.29 is 4.79 Å². The van der Waals surface area contributed by atoms with E-state index in [1.54, 1.807) is 0 Å². The molecule has 0 unspecified atom stereocenters. The lowest BCUT2D eigenvalue weighted by molar-refractivity contribution is -0.122. The minimum atomic E-state index is -0.531. The third-order valence-corrected chi connectivity index (χ3v) is 6.34. The number of likely N-dealkylation sites (tertiary alicyclic amines) is 1. The van der Waals surface area contributed by atoms with Crippen molar-refractivity contribution in [3.63, 3.8) is 0 Å². The number of piperidine rings is 1. The Morgan fingerprint density at radius 1 is 1.19 bits per heavy atom. The fourth-order valence-electron chi connectivity index (χ4n) is 4.25. The second-order valence-electron chi connectivity index (χ2n) is 8.28. The van der Waals surface area contributed by atoms with Crippen LogP contribution >= 0.6 is 11.6 Å². The van der Waals surface area contributed by atoms with Gasteiger partial charge in [0.25, 0.3) is 0 Å². The molecular formula is C20H25ClN4O. The highest BCUT2D eigenvalue weighted by molar-refractivity contribution is 6.34. The van der Waals surface area contributed by atoms with Gasteiger partial charge in [0.1, 0.15) is 0 Å². The Balaban J connectivity index is 1.78. The molecule has 2 aromatic rings. The van der Waals surface area contributed by atoms with Gasteiger partial charge in [-0.2, -0.15) is 5.10 Å². The molecule has 1 aromatic carbocycles. The molecule has 0 radical (unpaired) electrons. The molecule has 5 nitrogen and oxygen atoms in total. The van der Waals surface area contributed by atoms with Gasteiger partial charge in [-0.1, -0.05) is 11.6 Å². The fraction of sp³-hybridized carbons (Fsp3) is 0.550. The summed E-state index contributed by atoms with van der Waals surface area (Å²) in [6.45, 7) is 8.94. The lowest BCUT2D eigenvalue weighted by Crippen LogP contribution is -2.41. The lowest BCUT2D eigenvalue weighted by atomic mass is 9.85. The maximum atomic E-state index is 13.2. The summed E-state index contributed by atoms with van der Waals surface area (Å²) < 4.78 is 0. The van der Waals surface area contributed by atoms with Crippen molar-refractivity contribution in [2.24, 2.45) is 5.92 Å². The third-order valence-electron chi connectivity index (χ3n) is 6.06. The molecular weight excluding hydrogens is 348 g/mol. The maximum Gasteiger partial charge on any atom is 0.237 e. The first kappa shape index (κ1) is 17.7. The maximum absolute atomic E-state index is 13.2. The second-order valence-corrected chi connectivity index (χ2v) is 8.64. The molecule has 1 aromatic heterocycles. The van der Waals surface area contributed by atoms with Crippen LogP contribution in [0.3, 0.4) is 0 Å². The molecule has 6 heteroatoms. The standard InChI is InChI=1S/C20H25ClN4O/c1-12-14-9-16-17(10-15(14)18(21)23-22-12)25(19(26)20(16,2)3)11-13-5-7-24(4)8-6-13/h9-10,13H,5-8,11H2,1-4H3. The van der Waals surface area contributed by atoms with Crippen molar-refractivity contribution in [2.75, 3.05) is 31.6 Å². The van der Waals surface area contributed by atoms with Gasteiger partial charge < -0.3 is 9.80 Å². The van der Waals surface area contributed by atoms with Crippen molar-refractivity contribution >= 4 is 34.0 Å². The fourth-order valence-corrected chi connectivity index (χ4v) is 4.45. The number of nitrogens with zero attached hydrogens (tertiary/aromatic N) is 4. The van der Waals surface area contributed by atoms with Crippen LogP contribution in [0.2, 0.25) is 5.15 Å². The molecule has 1 saturated heterocycles. The number of fused-ring (bicyclic) bond motifs is 2. The smallest absolute Gasteiger partial charge is 0.237 e. The van der Waals surface area contributed by atoms with Gasteiger partial charge in [0.15, 0.2) is 5.15 Å². The molecule has 0 bridgehead atoms. The number of carbonyl (C=O) groups is 1. The van der Waals surface area contributed by atoms with E-state index in [1.807, 2.05) is 31.7 Å². The number of aryl methyl sites for hydroxylation is 1. The van der Waals surface area contributed by atoms with Gasteiger partial charge in [0.05, 0.1) is 11.1 Å². The predicted molar refractivity (Wildman–Crippen MR) is 105 cm³/mol. The number of benzene rings is 1. The van der Waals surface area contributed by atoms with E-state index >= 15 is 0 Å². The van der Waals surface area contributed by atoms with Crippen LogP contribution in [-0.4, -0.2) is 47.7 Å². The number of halogens is 1. The number of hydrogen-bond acceptors (Lipinski definition) is 4. The number of hydrogen-bond donors (Lipinski definition) is 0. The Bertz CT molecular complexity index is 887. The van der Waals surface area contributed by atoms with Gasteiger partial charge in [0.2, 0.25) is 5.91 Å². The number of rotatable bonds is 2. The van der Waals surface area contributed by atoms with E-state index in [0.29, 0.717) is 11.1 Å². The van der Waals surface area contributed by atoms with Gasteiger partial charge in [-0.3, -0.25) is 4.79 Å². The summed E-state index contributed by atoms with van der Waals surface area (Å²) in [6.07, 6.45) is 2.27. The Morgan fingerprint density at radius 3 is 2.58 bits per heavy atom. The molecule has 0 saturated carbocycles. The van der Waals surface area contributed by atoms with Crippen LogP contribution in [0.1, 0.15) is 37.9 Å². The summed E-state index contributed by atoms with van der Waals surface area (Å²) >= 11 is 6.31. The van der Waals surface area contributed by atoms with E-state index in [-0.39, 0.29) is 5.91 Å². The van der Waals surface area contributed by atoms with Gasteiger partial charge in [-0.05, 0) is 77.4 Å². The van der Waals surface area contributed by atoms with Crippen LogP contribution in [-0.2, 0) is 10.2 Å². The zero-order valence-electron chi connectivity index (χ0n) is 15.8. The van der Waals surface area contributed by atoms with Crippen LogP contribution in [0.5, 0.6) is 0 Å². The molecule has 1 amide bonds. The summed E-state index contributed by atoms with van der Waals surface area (Å²) in [7, 11) is 2.16. The van der Waals surface area contributed by atoms with E-state index in [9.17, 15) is 4.79 Å². The summed E-state index contributed by atoms with van der Waals surface area (Å²) in [4.78, 5) is 17.6. The van der Waals surface area contributed by atoms with Crippen molar-refractivity contribution in [2.45, 2.75) is 39.0 Å². The van der Waals surface area contributed by atoms with E-state index < -0.39 is 5.41 Å². The molecule has 0 spiro atoms. The Labute approximate surface area is 159 Å². The molecule has 0 N–H and O–H groups in total. The molecule has 2 aliphatic heterocycles. The van der Waals surface area contributed by atoms with E-state index in [1.165, 1.54) is 0 Å². The summed E-state index contributed by atoms with van der Waals surface area (Å²) in [5.74, 6) is 0.719. The van der Waals surface area contributed by atoms with Crippen molar-refractivity contribution in [3.05, 3.63) is 28.5 Å². The minimum Gasteiger partial charge on any atom is -0.311 e. The third kappa shape index (κ3) is 2.69. The number of amides is 1. The molecule has 0 aliphatic carbocycles. The predicted octanol–water partition coefficient (Wildman–Crippen LogP) is 3.56. The summed E-state index contributed by atoms with van der Waals surface area (Å²) in [6, 6.07) is 4.13. The molecule has 0 atom stereocenters. The van der Waals surface area contributed by atoms with Crippen LogP contribution in [0.4, 0.5) is 5.69 Å². The first-order valence-corrected chi connectivity index (χ1v) is 9.64. The highest BCUT2D eigenvalue weighted by Crippen LogP contribution is 2.45. The van der Waals surface area contributed by atoms with E-state index in [4.69, 9.17) is 11.6 Å². The normalized spacial score (nSPS) is 20.8. The SMILES string of the molecule is Cc1nnc(Cl)c2cc3c(cc12)C(C)(C)C(=O)N3CC1CCN(C)CC1. The number of carbonyl (C=O) groups excluding carboxylic acids is 1. The van der Waals surface area contributed by atoms with Gasteiger partial charge in [-0.15, -0.1) is 5.10 Å². The highest BCUT2D eigenvalue weighted by Gasteiger charge is 2.44. The number of aromatic nitrogens is 2. The number of anilines is 1. The van der Waals surface area contributed by atoms with Crippen LogP contribution < -0.4 is 4.90 Å². The molecule has 2 aliphatic rings.